The number of hydrogen-bond donors (Lipinski definition) is 2. The summed E-state index contributed by atoms with van der Waals surface area (Å²) < 4.78 is 5.21. The zero-order chi connectivity index (χ0) is 17.9. The van der Waals surface area contributed by atoms with Crippen LogP contribution in [0.3, 0.4) is 0 Å². The van der Waals surface area contributed by atoms with Crippen molar-refractivity contribution in [2.24, 2.45) is 11.7 Å². The lowest BCUT2D eigenvalue weighted by atomic mass is 9.91. The Bertz CT molecular complexity index is 743. The van der Waals surface area contributed by atoms with Crippen molar-refractivity contribution in [1.29, 1.82) is 0 Å². The number of carboxylic acids is 1. The molecule has 2 atom stereocenters. The molecule has 2 rings (SSSR count). The second-order valence-electron chi connectivity index (χ2n) is 6.86. The van der Waals surface area contributed by atoms with Gasteiger partial charge in [-0.05, 0) is 43.5 Å². The maximum atomic E-state index is 12.2. The van der Waals surface area contributed by atoms with E-state index in [1.165, 1.54) is 0 Å². The molecule has 0 saturated heterocycles. The monoisotopic (exact) mass is 329 g/mol. The van der Waals surface area contributed by atoms with Crippen molar-refractivity contribution in [1.82, 2.24) is 0 Å². The Balaban J connectivity index is 2.26. The second kappa shape index (κ2) is 7.01. The van der Waals surface area contributed by atoms with Gasteiger partial charge >= 0.3 is 11.9 Å². The fourth-order valence-electron chi connectivity index (χ4n) is 2.67. The van der Waals surface area contributed by atoms with Crippen molar-refractivity contribution in [2.75, 3.05) is 0 Å². The highest BCUT2D eigenvalue weighted by atomic mass is 16.6. The molecule has 5 heteroatoms. The van der Waals surface area contributed by atoms with Crippen molar-refractivity contribution in [3.63, 3.8) is 0 Å². The van der Waals surface area contributed by atoms with Gasteiger partial charge in [-0.15, -0.1) is 0 Å². The zero-order valence-corrected chi connectivity index (χ0v) is 14.2. The van der Waals surface area contributed by atoms with Crippen LogP contribution >= 0.6 is 0 Å². The Morgan fingerprint density at radius 3 is 2.38 bits per heavy atom. The first kappa shape index (κ1) is 17.9. The predicted molar refractivity (Wildman–Crippen MR) is 92.6 cm³/mol. The van der Waals surface area contributed by atoms with Crippen LogP contribution in [-0.2, 0) is 20.7 Å². The van der Waals surface area contributed by atoms with E-state index in [1.54, 1.807) is 20.8 Å². The third-order valence-corrected chi connectivity index (χ3v) is 3.69. The summed E-state index contributed by atoms with van der Waals surface area (Å²) in [7, 11) is 0. The summed E-state index contributed by atoms with van der Waals surface area (Å²) in [6.07, 6.45) is 0.275. The molecule has 0 heterocycles. The molecule has 0 bridgehead atoms. The molecule has 2 unspecified atom stereocenters. The first-order chi connectivity index (χ1) is 11.2. The summed E-state index contributed by atoms with van der Waals surface area (Å²) in [4.78, 5) is 23.8. The highest BCUT2D eigenvalue weighted by Gasteiger charge is 2.36. The van der Waals surface area contributed by atoms with Gasteiger partial charge < -0.3 is 15.6 Å². The van der Waals surface area contributed by atoms with E-state index in [1.807, 2.05) is 42.5 Å². The van der Waals surface area contributed by atoms with Crippen molar-refractivity contribution in [2.45, 2.75) is 38.8 Å². The van der Waals surface area contributed by atoms with E-state index >= 15 is 0 Å². The van der Waals surface area contributed by atoms with Crippen LogP contribution in [0.25, 0.3) is 10.8 Å². The fourth-order valence-corrected chi connectivity index (χ4v) is 2.67. The van der Waals surface area contributed by atoms with Crippen molar-refractivity contribution in [3.05, 3.63) is 48.0 Å². The standard InChI is InChI=1S/C19H23NO4/c1-19(2,3)24-18(23)16(17(21)22)15(20)11-13-9-6-8-12-7-4-5-10-14(12)13/h4-10,15-16H,11,20H2,1-3H3,(H,21,22). The molecule has 3 N–H and O–H groups in total. The van der Waals surface area contributed by atoms with E-state index in [9.17, 15) is 14.7 Å². The maximum Gasteiger partial charge on any atom is 0.322 e. The molecule has 128 valence electrons. The van der Waals surface area contributed by atoms with Crippen molar-refractivity contribution < 1.29 is 19.4 Å². The molecular weight excluding hydrogens is 306 g/mol. The largest absolute Gasteiger partial charge is 0.481 e. The van der Waals surface area contributed by atoms with E-state index < -0.39 is 29.5 Å². The summed E-state index contributed by atoms with van der Waals surface area (Å²) in [6.45, 7) is 5.08. The van der Waals surface area contributed by atoms with Crippen LogP contribution < -0.4 is 5.73 Å². The molecule has 24 heavy (non-hydrogen) atoms. The van der Waals surface area contributed by atoms with Gasteiger partial charge in [-0.1, -0.05) is 42.5 Å². The number of ether oxygens (including phenoxy) is 1. The van der Waals surface area contributed by atoms with Crippen LogP contribution in [-0.4, -0.2) is 28.7 Å². The van der Waals surface area contributed by atoms with E-state index in [0.717, 1.165) is 16.3 Å². The van der Waals surface area contributed by atoms with Gasteiger partial charge in [-0.25, -0.2) is 0 Å². The molecule has 0 spiro atoms. The van der Waals surface area contributed by atoms with Crippen LogP contribution in [0.4, 0.5) is 0 Å². The number of hydrogen-bond acceptors (Lipinski definition) is 4. The van der Waals surface area contributed by atoms with Gasteiger partial charge in [-0.2, -0.15) is 0 Å². The Labute approximate surface area is 141 Å². The number of esters is 1. The molecule has 0 aliphatic heterocycles. The highest BCUT2D eigenvalue weighted by molar-refractivity contribution is 5.95. The molecule has 2 aromatic carbocycles. The number of nitrogens with two attached hydrogens (primary N) is 1. The molecule has 2 aromatic rings. The number of rotatable bonds is 5. The number of aliphatic carboxylic acids is 1. The van der Waals surface area contributed by atoms with Crippen LogP contribution in [0.2, 0.25) is 0 Å². The van der Waals surface area contributed by atoms with Gasteiger partial charge in [0.25, 0.3) is 0 Å². The minimum atomic E-state index is -1.40. The first-order valence-electron chi connectivity index (χ1n) is 7.87. The SMILES string of the molecule is CC(C)(C)OC(=O)C(C(=O)O)C(N)Cc1cccc2ccccc12. The van der Waals surface area contributed by atoms with Crippen LogP contribution in [0.15, 0.2) is 42.5 Å². The summed E-state index contributed by atoms with van der Waals surface area (Å²) in [6, 6.07) is 12.7. The molecule has 0 aliphatic rings. The summed E-state index contributed by atoms with van der Waals surface area (Å²) >= 11 is 0. The molecule has 0 aliphatic carbocycles. The third-order valence-electron chi connectivity index (χ3n) is 3.69. The number of carboxylic acid groups (broad SMARTS) is 1. The van der Waals surface area contributed by atoms with Crippen molar-refractivity contribution in [3.8, 4) is 0 Å². The number of benzene rings is 2. The van der Waals surface area contributed by atoms with Crippen LogP contribution in [0.5, 0.6) is 0 Å². The van der Waals surface area contributed by atoms with E-state index in [-0.39, 0.29) is 6.42 Å². The topological polar surface area (TPSA) is 89.6 Å². The lowest BCUT2D eigenvalue weighted by Gasteiger charge is -2.25. The lowest BCUT2D eigenvalue weighted by molar-refractivity contribution is -0.167. The molecule has 0 radical (unpaired) electrons. The molecular formula is C19H23NO4. The summed E-state index contributed by atoms with van der Waals surface area (Å²) in [5.41, 5.74) is 6.23. The fraction of sp³-hybridized carbons (Fsp3) is 0.368. The van der Waals surface area contributed by atoms with E-state index in [0.29, 0.717) is 0 Å². The van der Waals surface area contributed by atoms with Gasteiger partial charge in [0.05, 0.1) is 0 Å². The Morgan fingerprint density at radius 1 is 1.12 bits per heavy atom. The highest BCUT2D eigenvalue weighted by Crippen LogP contribution is 2.22. The minimum absolute atomic E-state index is 0.275. The average Bonchev–Trinajstić information content (AvgIpc) is 2.45. The zero-order valence-electron chi connectivity index (χ0n) is 14.2. The molecule has 0 fully saturated rings. The average molecular weight is 329 g/mol. The lowest BCUT2D eigenvalue weighted by Crippen LogP contribution is -2.45. The minimum Gasteiger partial charge on any atom is -0.481 e. The Morgan fingerprint density at radius 2 is 1.75 bits per heavy atom. The van der Waals surface area contributed by atoms with E-state index in [4.69, 9.17) is 10.5 Å². The molecule has 5 nitrogen and oxygen atoms in total. The summed E-state index contributed by atoms with van der Waals surface area (Å²) in [5.74, 6) is -3.47. The number of fused-ring (bicyclic) bond motifs is 1. The Kier molecular flexibility index (Phi) is 5.24. The Hall–Kier alpha value is -2.40. The smallest absolute Gasteiger partial charge is 0.322 e. The van der Waals surface area contributed by atoms with Gasteiger partial charge in [0.15, 0.2) is 5.92 Å². The quantitative estimate of drug-likeness (QED) is 0.650. The van der Waals surface area contributed by atoms with Gasteiger partial charge in [0.1, 0.15) is 5.60 Å². The summed E-state index contributed by atoms with van der Waals surface area (Å²) in [5, 5.41) is 11.5. The first-order valence-corrected chi connectivity index (χ1v) is 7.87. The van der Waals surface area contributed by atoms with Gasteiger partial charge in [0, 0.05) is 6.04 Å². The number of carbonyl (C=O) groups excluding carboxylic acids is 1. The predicted octanol–water partition coefficient (Wildman–Crippen LogP) is 2.75. The normalized spacial score (nSPS) is 14.2. The van der Waals surface area contributed by atoms with Gasteiger partial charge in [-0.3, -0.25) is 9.59 Å². The van der Waals surface area contributed by atoms with Crippen LogP contribution in [0, 0.1) is 5.92 Å². The molecule has 0 saturated carbocycles. The molecule has 0 amide bonds. The number of carbonyl (C=O) groups is 2. The maximum absolute atomic E-state index is 12.2. The van der Waals surface area contributed by atoms with Gasteiger partial charge in [0.2, 0.25) is 0 Å². The third kappa shape index (κ3) is 4.32. The second-order valence-corrected chi connectivity index (χ2v) is 6.86. The van der Waals surface area contributed by atoms with E-state index in [2.05, 4.69) is 0 Å². The molecule has 0 aromatic heterocycles. The van der Waals surface area contributed by atoms with Crippen LogP contribution in [0.1, 0.15) is 26.3 Å². The van der Waals surface area contributed by atoms with Crippen molar-refractivity contribution >= 4 is 22.7 Å².